The molecule has 2 rings (SSSR count). The standard InChI is InChI=1S/C12H13NO/c1-8-5-9(2)12-10(6-8)3-4-11(7-14)13-12/h3-6,14H,7H2,1-2H3. The maximum Gasteiger partial charge on any atom is 0.0853 e. The van der Waals surface area contributed by atoms with Crippen LogP contribution in [0, 0.1) is 13.8 Å². The average molecular weight is 187 g/mol. The van der Waals surface area contributed by atoms with Crippen molar-refractivity contribution in [2.45, 2.75) is 20.5 Å². The molecule has 1 aromatic heterocycles. The number of fused-ring (bicyclic) bond motifs is 1. The average Bonchev–Trinajstić information content (AvgIpc) is 2.17. The van der Waals surface area contributed by atoms with Crippen molar-refractivity contribution in [2.75, 3.05) is 0 Å². The lowest BCUT2D eigenvalue weighted by Gasteiger charge is -2.04. The lowest BCUT2D eigenvalue weighted by molar-refractivity contribution is 0.277. The third-order valence-electron chi connectivity index (χ3n) is 2.35. The summed E-state index contributed by atoms with van der Waals surface area (Å²) < 4.78 is 0. The van der Waals surface area contributed by atoms with E-state index in [9.17, 15) is 0 Å². The second kappa shape index (κ2) is 3.39. The summed E-state index contributed by atoms with van der Waals surface area (Å²) in [4.78, 5) is 4.38. The molecule has 0 saturated heterocycles. The first kappa shape index (κ1) is 9.16. The summed E-state index contributed by atoms with van der Waals surface area (Å²) in [5.41, 5.74) is 4.12. The highest BCUT2D eigenvalue weighted by atomic mass is 16.3. The molecule has 0 unspecified atom stereocenters. The van der Waals surface area contributed by atoms with Crippen LogP contribution in [-0.4, -0.2) is 10.1 Å². The van der Waals surface area contributed by atoms with Gasteiger partial charge in [0.05, 0.1) is 17.8 Å². The molecule has 0 saturated carbocycles. The number of benzene rings is 1. The van der Waals surface area contributed by atoms with Gasteiger partial charge in [-0.3, -0.25) is 4.98 Å². The minimum atomic E-state index is 0.00323. The Labute approximate surface area is 83.2 Å². The summed E-state index contributed by atoms with van der Waals surface area (Å²) >= 11 is 0. The molecule has 1 heterocycles. The largest absolute Gasteiger partial charge is 0.390 e. The molecule has 2 aromatic rings. The van der Waals surface area contributed by atoms with E-state index in [-0.39, 0.29) is 6.61 Å². The smallest absolute Gasteiger partial charge is 0.0853 e. The van der Waals surface area contributed by atoms with Crippen molar-refractivity contribution in [1.29, 1.82) is 0 Å². The predicted octanol–water partition coefficient (Wildman–Crippen LogP) is 2.34. The van der Waals surface area contributed by atoms with Crippen molar-refractivity contribution in [2.24, 2.45) is 0 Å². The molecule has 0 amide bonds. The Bertz CT molecular complexity index is 477. The van der Waals surface area contributed by atoms with Crippen LogP contribution < -0.4 is 0 Å². The van der Waals surface area contributed by atoms with Gasteiger partial charge in [-0.2, -0.15) is 0 Å². The van der Waals surface area contributed by atoms with Gasteiger partial charge in [0.15, 0.2) is 0 Å². The topological polar surface area (TPSA) is 33.1 Å². The number of pyridine rings is 1. The van der Waals surface area contributed by atoms with E-state index in [4.69, 9.17) is 5.11 Å². The monoisotopic (exact) mass is 187 g/mol. The van der Waals surface area contributed by atoms with Crippen molar-refractivity contribution in [1.82, 2.24) is 4.98 Å². The second-order valence-electron chi connectivity index (χ2n) is 3.61. The lowest BCUT2D eigenvalue weighted by Crippen LogP contribution is -1.91. The summed E-state index contributed by atoms with van der Waals surface area (Å²) in [7, 11) is 0. The minimum absolute atomic E-state index is 0.00323. The molecule has 14 heavy (non-hydrogen) atoms. The minimum Gasteiger partial charge on any atom is -0.390 e. The zero-order chi connectivity index (χ0) is 10.1. The van der Waals surface area contributed by atoms with Crippen LogP contribution in [-0.2, 0) is 6.61 Å². The van der Waals surface area contributed by atoms with Gasteiger partial charge in [-0.05, 0) is 31.5 Å². The van der Waals surface area contributed by atoms with Gasteiger partial charge in [0.1, 0.15) is 0 Å². The Morgan fingerprint density at radius 1 is 1.21 bits per heavy atom. The highest BCUT2D eigenvalue weighted by molar-refractivity contribution is 5.82. The molecule has 72 valence electrons. The van der Waals surface area contributed by atoms with Crippen molar-refractivity contribution < 1.29 is 5.11 Å². The highest BCUT2D eigenvalue weighted by Gasteiger charge is 2.01. The number of aliphatic hydroxyl groups is 1. The lowest BCUT2D eigenvalue weighted by atomic mass is 10.1. The van der Waals surface area contributed by atoms with Gasteiger partial charge >= 0.3 is 0 Å². The maximum atomic E-state index is 8.98. The highest BCUT2D eigenvalue weighted by Crippen LogP contribution is 2.18. The molecule has 0 radical (unpaired) electrons. The number of hydrogen-bond donors (Lipinski definition) is 1. The van der Waals surface area contributed by atoms with Crippen LogP contribution >= 0.6 is 0 Å². The van der Waals surface area contributed by atoms with Crippen LogP contribution in [0.15, 0.2) is 24.3 Å². The summed E-state index contributed by atoms with van der Waals surface area (Å²) in [6, 6.07) is 8.09. The van der Waals surface area contributed by atoms with Gasteiger partial charge in [0.2, 0.25) is 0 Å². The molecular formula is C12H13NO. The SMILES string of the molecule is Cc1cc(C)c2nc(CO)ccc2c1. The Kier molecular flexibility index (Phi) is 2.22. The molecule has 1 N–H and O–H groups in total. The maximum absolute atomic E-state index is 8.98. The Balaban J connectivity index is 2.75. The second-order valence-corrected chi connectivity index (χ2v) is 3.61. The van der Waals surface area contributed by atoms with E-state index < -0.39 is 0 Å². The van der Waals surface area contributed by atoms with E-state index in [1.54, 1.807) is 0 Å². The zero-order valence-corrected chi connectivity index (χ0v) is 8.41. The van der Waals surface area contributed by atoms with Crippen LogP contribution in [0.25, 0.3) is 10.9 Å². The molecule has 0 spiro atoms. The van der Waals surface area contributed by atoms with Gasteiger partial charge in [-0.25, -0.2) is 0 Å². The van der Waals surface area contributed by atoms with E-state index in [2.05, 4.69) is 24.0 Å². The summed E-state index contributed by atoms with van der Waals surface area (Å²) in [5.74, 6) is 0. The van der Waals surface area contributed by atoms with Gasteiger partial charge in [0.25, 0.3) is 0 Å². The van der Waals surface area contributed by atoms with E-state index in [1.165, 1.54) is 5.56 Å². The van der Waals surface area contributed by atoms with E-state index in [0.717, 1.165) is 22.2 Å². The number of rotatable bonds is 1. The van der Waals surface area contributed by atoms with E-state index >= 15 is 0 Å². The summed E-state index contributed by atoms with van der Waals surface area (Å²) in [6.07, 6.45) is 0. The number of aliphatic hydroxyl groups excluding tert-OH is 1. The van der Waals surface area contributed by atoms with Crippen molar-refractivity contribution >= 4 is 10.9 Å². The van der Waals surface area contributed by atoms with Gasteiger partial charge < -0.3 is 5.11 Å². The fourth-order valence-corrected chi connectivity index (χ4v) is 1.73. The van der Waals surface area contributed by atoms with Crippen LogP contribution in [0.2, 0.25) is 0 Å². The van der Waals surface area contributed by atoms with Crippen LogP contribution in [0.4, 0.5) is 0 Å². The normalized spacial score (nSPS) is 10.8. The first-order chi connectivity index (χ1) is 6.70. The third-order valence-corrected chi connectivity index (χ3v) is 2.35. The summed E-state index contributed by atoms with van der Waals surface area (Å²) in [6.45, 7) is 4.12. The van der Waals surface area contributed by atoms with Crippen LogP contribution in [0.5, 0.6) is 0 Å². The molecule has 0 aliphatic rings. The number of aryl methyl sites for hydroxylation is 2. The first-order valence-corrected chi connectivity index (χ1v) is 4.68. The first-order valence-electron chi connectivity index (χ1n) is 4.68. The molecule has 0 fully saturated rings. The molecule has 0 aliphatic heterocycles. The third kappa shape index (κ3) is 1.49. The molecular weight excluding hydrogens is 174 g/mol. The van der Waals surface area contributed by atoms with Crippen molar-refractivity contribution in [3.8, 4) is 0 Å². The molecule has 0 aliphatic carbocycles. The van der Waals surface area contributed by atoms with Gasteiger partial charge in [-0.15, -0.1) is 0 Å². The van der Waals surface area contributed by atoms with Gasteiger partial charge in [-0.1, -0.05) is 17.7 Å². The fraction of sp³-hybridized carbons (Fsp3) is 0.250. The number of aromatic nitrogens is 1. The zero-order valence-electron chi connectivity index (χ0n) is 8.41. The van der Waals surface area contributed by atoms with Crippen molar-refractivity contribution in [3.05, 3.63) is 41.1 Å². The fourth-order valence-electron chi connectivity index (χ4n) is 1.73. The van der Waals surface area contributed by atoms with Crippen LogP contribution in [0.1, 0.15) is 16.8 Å². The van der Waals surface area contributed by atoms with E-state index in [0.29, 0.717) is 0 Å². The Morgan fingerprint density at radius 2 is 2.00 bits per heavy atom. The Morgan fingerprint density at radius 3 is 2.71 bits per heavy atom. The quantitative estimate of drug-likeness (QED) is 0.743. The number of nitrogens with zero attached hydrogens (tertiary/aromatic N) is 1. The van der Waals surface area contributed by atoms with Crippen molar-refractivity contribution in [3.63, 3.8) is 0 Å². The molecule has 0 bridgehead atoms. The van der Waals surface area contributed by atoms with E-state index in [1.807, 2.05) is 19.1 Å². The molecule has 2 nitrogen and oxygen atoms in total. The molecule has 1 aromatic carbocycles. The summed E-state index contributed by atoms with van der Waals surface area (Å²) in [5, 5.41) is 10.1. The number of hydrogen-bond acceptors (Lipinski definition) is 2. The predicted molar refractivity (Wildman–Crippen MR) is 57.1 cm³/mol. The molecule has 0 atom stereocenters. The Hall–Kier alpha value is -1.41. The van der Waals surface area contributed by atoms with Crippen LogP contribution in [0.3, 0.4) is 0 Å². The van der Waals surface area contributed by atoms with Gasteiger partial charge in [0, 0.05) is 5.39 Å². The molecule has 2 heteroatoms.